The smallest absolute Gasteiger partial charge is 0.336 e. The summed E-state index contributed by atoms with van der Waals surface area (Å²) in [5.74, 6) is -0.846. The molecule has 0 amide bonds. The summed E-state index contributed by atoms with van der Waals surface area (Å²) in [5, 5.41) is 6.78. The van der Waals surface area contributed by atoms with Gasteiger partial charge in [-0.15, -0.1) is 5.10 Å². The largest absolute Gasteiger partial charge is 0.406 e. The third-order valence-corrected chi connectivity index (χ3v) is 4.91. The average molecular weight is 363 g/mol. The van der Waals surface area contributed by atoms with Gasteiger partial charge in [0.25, 0.3) is 5.89 Å². The molecule has 2 aromatic rings. The fourth-order valence-corrected chi connectivity index (χ4v) is 3.59. The zero-order valence-corrected chi connectivity index (χ0v) is 14.4. The summed E-state index contributed by atoms with van der Waals surface area (Å²) >= 11 is 5.85. The van der Waals surface area contributed by atoms with E-state index < -0.39 is 26.6 Å². The Bertz CT molecular complexity index is 772. The van der Waals surface area contributed by atoms with Gasteiger partial charge in [-0.05, 0) is 18.1 Å². The highest BCUT2D eigenvalue weighted by Crippen LogP contribution is 2.25. The van der Waals surface area contributed by atoms with Gasteiger partial charge in [0.05, 0.1) is 5.75 Å². The van der Waals surface area contributed by atoms with Gasteiger partial charge in [-0.25, -0.2) is 12.8 Å². The number of nitrogens with zero attached hydrogens (tertiary/aromatic N) is 2. The predicted molar refractivity (Wildman–Crippen MR) is 81.7 cm³/mol. The van der Waals surface area contributed by atoms with E-state index in [4.69, 9.17) is 16.0 Å². The molecule has 0 aliphatic heterocycles. The molecule has 0 fully saturated rings. The summed E-state index contributed by atoms with van der Waals surface area (Å²) in [6.07, 6.45) is 0.681. The fraction of sp³-hybridized carbons (Fsp3) is 0.429. The minimum absolute atomic E-state index is 0.0307. The molecule has 0 spiro atoms. The van der Waals surface area contributed by atoms with Crippen LogP contribution in [0.15, 0.2) is 27.8 Å². The monoisotopic (exact) mass is 362 g/mol. The Morgan fingerprint density at radius 2 is 2.04 bits per heavy atom. The molecule has 6 nitrogen and oxygen atoms in total. The molecule has 0 unspecified atom stereocenters. The van der Waals surface area contributed by atoms with Gasteiger partial charge in [0, 0.05) is 17.0 Å². The molecule has 3 N–H and O–H groups in total. The first-order valence-corrected chi connectivity index (χ1v) is 9.06. The Hall–Kier alpha value is -1.51. The highest BCUT2D eigenvalue weighted by molar-refractivity contribution is 7.90. The van der Waals surface area contributed by atoms with Crippen molar-refractivity contribution in [2.24, 2.45) is 5.92 Å². The Morgan fingerprint density at radius 1 is 1.35 bits per heavy atom. The highest BCUT2D eigenvalue weighted by atomic mass is 35.5. The zero-order chi connectivity index (χ0) is 17.2. The zero-order valence-electron chi connectivity index (χ0n) is 12.8. The van der Waals surface area contributed by atoms with Gasteiger partial charge >= 0.3 is 5.22 Å². The van der Waals surface area contributed by atoms with Gasteiger partial charge in [0.1, 0.15) is 5.82 Å². The number of hydrogen-bond acceptors (Lipinski definition) is 5. The van der Waals surface area contributed by atoms with Crippen LogP contribution in [0.2, 0.25) is 5.02 Å². The molecule has 126 valence electrons. The SMILES string of the molecule is CC(C)C[C@H]([NH3+])c1nnc(S(=O)(=O)Cc2c(F)cccc2Cl)o1. The Balaban J connectivity index is 2.26. The number of hydrogen-bond donors (Lipinski definition) is 1. The summed E-state index contributed by atoms with van der Waals surface area (Å²) in [5.41, 5.74) is 3.76. The standard InChI is InChI=1S/C14H17ClFN3O3S/c1-8(2)6-12(17)13-18-19-14(22-13)23(20,21)7-9-10(15)4-3-5-11(9)16/h3-5,8,12H,6-7,17H2,1-2H3/p+1/t12-/m0/s1. The molecule has 0 aliphatic rings. The number of rotatable bonds is 6. The first kappa shape index (κ1) is 17.8. The van der Waals surface area contributed by atoms with E-state index in [1.54, 1.807) is 0 Å². The van der Waals surface area contributed by atoms with E-state index >= 15 is 0 Å². The minimum atomic E-state index is -3.99. The van der Waals surface area contributed by atoms with Gasteiger partial charge in [0.15, 0.2) is 6.04 Å². The van der Waals surface area contributed by atoms with Crippen molar-refractivity contribution in [3.63, 3.8) is 0 Å². The third kappa shape index (κ3) is 4.27. The van der Waals surface area contributed by atoms with E-state index in [2.05, 4.69) is 15.9 Å². The summed E-state index contributed by atoms with van der Waals surface area (Å²) in [4.78, 5) is 0. The van der Waals surface area contributed by atoms with Crippen LogP contribution in [0.5, 0.6) is 0 Å². The Labute approximate surface area is 138 Å². The van der Waals surface area contributed by atoms with Crippen molar-refractivity contribution in [2.45, 2.75) is 37.3 Å². The summed E-state index contributed by atoms with van der Waals surface area (Å²) in [6.45, 7) is 4.01. The van der Waals surface area contributed by atoms with E-state index in [9.17, 15) is 12.8 Å². The van der Waals surface area contributed by atoms with Crippen molar-refractivity contribution < 1.29 is 23.0 Å². The molecule has 0 saturated carbocycles. The van der Waals surface area contributed by atoms with Gasteiger partial charge in [0.2, 0.25) is 9.84 Å². The molecule has 0 radical (unpaired) electrons. The lowest BCUT2D eigenvalue weighted by atomic mass is 10.1. The predicted octanol–water partition coefficient (Wildman–Crippen LogP) is 2.17. The summed E-state index contributed by atoms with van der Waals surface area (Å²) in [6, 6.07) is 3.66. The van der Waals surface area contributed by atoms with Crippen LogP contribution in [0, 0.1) is 11.7 Å². The van der Waals surface area contributed by atoms with Crippen LogP contribution in [0.25, 0.3) is 0 Å². The fourth-order valence-electron chi connectivity index (χ4n) is 2.10. The van der Waals surface area contributed by atoms with Crippen LogP contribution < -0.4 is 5.73 Å². The van der Waals surface area contributed by atoms with Crippen molar-refractivity contribution in [1.82, 2.24) is 10.2 Å². The van der Waals surface area contributed by atoms with Gasteiger partial charge in [-0.3, -0.25) is 0 Å². The van der Waals surface area contributed by atoms with E-state index in [0.717, 1.165) is 6.07 Å². The normalized spacial score (nSPS) is 13.5. The van der Waals surface area contributed by atoms with Crippen molar-refractivity contribution in [2.75, 3.05) is 0 Å². The lowest BCUT2D eigenvalue weighted by molar-refractivity contribution is -0.435. The van der Waals surface area contributed by atoms with Crippen molar-refractivity contribution >= 4 is 21.4 Å². The maximum absolute atomic E-state index is 13.7. The van der Waals surface area contributed by atoms with Crippen LogP contribution in [0.4, 0.5) is 4.39 Å². The van der Waals surface area contributed by atoms with E-state index in [0.29, 0.717) is 12.3 Å². The molecule has 0 bridgehead atoms. The first-order chi connectivity index (χ1) is 10.7. The molecule has 0 aliphatic carbocycles. The molecule has 1 aromatic carbocycles. The Kier molecular flexibility index (Phi) is 5.38. The van der Waals surface area contributed by atoms with E-state index in [1.807, 2.05) is 13.8 Å². The molecular weight excluding hydrogens is 345 g/mol. The molecule has 1 atom stereocenters. The molecule has 2 rings (SSSR count). The maximum Gasteiger partial charge on any atom is 0.336 e. The second-order valence-electron chi connectivity index (χ2n) is 5.69. The molecule has 1 heterocycles. The third-order valence-electron chi connectivity index (χ3n) is 3.19. The topological polar surface area (TPSA) is 101 Å². The molecule has 1 aromatic heterocycles. The first-order valence-electron chi connectivity index (χ1n) is 7.03. The average Bonchev–Trinajstić information content (AvgIpc) is 2.93. The quantitative estimate of drug-likeness (QED) is 0.848. The van der Waals surface area contributed by atoms with Crippen LogP contribution in [0.3, 0.4) is 0 Å². The highest BCUT2D eigenvalue weighted by Gasteiger charge is 2.28. The number of aromatic nitrogens is 2. The van der Waals surface area contributed by atoms with Gasteiger partial charge in [-0.2, -0.15) is 0 Å². The van der Waals surface area contributed by atoms with Crippen LogP contribution in [-0.4, -0.2) is 18.6 Å². The van der Waals surface area contributed by atoms with Crippen molar-refractivity contribution in [1.29, 1.82) is 0 Å². The van der Waals surface area contributed by atoms with Crippen molar-refractivity contribution in [3.8, 4) is 0 Å². The number of quaternary nitrogens is 1. The second kappa shape index (κ2) is 6.94. The van der Waals surface area contributed by atoms with Crippen LogP contribution in [-0.2, 0) is 15.6 Å². The van der Waals surface area contributed by atoms with Crippen molar-refractivity contribution in [3.05, 3.63) is 40.5 Å². The lowest BCUT2D eigenvalue weighted by Gasteiger charge is -2.06. The van der Waals surface area contributed by atoms with E-state index in [-0.39, 0.29) is 22.5 Å². The molecular formula is C14H18ClFN3O3S+. The maximum atomic E-state index is 13.7. The van der Waals surface area contributed by atoms with Gasteiger partial charge in [-0.1, -0.05) is 36.6 Å². The number of sulfone groups is 1. The minimum Gasteiger partial charge on any atom is -0.406 e. The number of benzene rings is 1. The number of halogens is 2. The second-order valence-corrected chi connectivity index (χ2v) is 7.97. The van der Waals surface area contributed by atoms with Gasteiger partial charge < -0.3 is 10.2 Å². The Morgan fingerprint density at radius 3 is 2.65 bits per heavy atom. The summed E-state index contributed by atoms with van der Waals surface area (Å²) < 4.78 is 43.6. The summed E-state index contributed by atoms with van der Waals surface area (Å²) in [7, 11) is -3.99. The van der Waals surface area contributed by atoms with E-state index in [1.165, 1.54) is 12.1 Å². The molecule has 9 heteroatoms. The molecule has 23 heavy (non-hydrogen) atoms. The molecule has 0 saturated heterocycles. The van der Waals surface area contributed by atoms with Crippen LogP contribution >= 0.6 is 11.6 Å². The lowest BCUT2D eigenvalue weighted by Crippen LogP contribution is -2.54. The van der Waals surface area contributed by atoms with Crippen LogP contribution in [0.1, 0.15) is 37.8 Å².